The number of nitrogens with two attached hydrogens (primary N) is 2. The summed E-state index contributed by atoms with van der Waals surface area (Å²) in [6.07, 6.45) is 1.62. The Kier molecular flexibility index (Phi) is 4.15. The minimum absolute atomic E-state index is 0.0612. The number of fused-ring (bicyclic) bond motifs is 1. The minimum atomic E-state index is -0.558. The Morgan fingerprint density at radius 2 is 2.29 bits per heavy atom. The Hall–Kier alpha value is -2.93. The lowest BCUT2D eigenvalue weighted by Gasteiger charge is -2.11. The van der Waals surface area contributed by atoms with E-state index in [9.17, 15) is 14.9 Å². The highest BCUT2D eigenvalue weighted by Crippen LogP contribution is 2.33. The van der Waals surface area contributed by atoms with Crippen LogP contribution in [0.25, 0.3) is 11.0 Å². The molecule has 5 N–H and O–H groups in total. The number of anilines is 2. The number of hydrogen-bond acceptors (Lipinski definition) is 8. The summed E-state index contributed by atoms with van der Waals surface area (Å²) in [5.41, 5.74) is 11.3. The number of nitriles is 1. The van der Waals surface area contributed by atoms with Gasteiger partial charge in [-0.3, -0.25) is 9.59 Å². The van der Waals surface area contributed by atoms with E-state index in [1.165, 1.54) is 6.33 Å². The van der Waals surface area contributed by atoms with Crippen LogP contribution >= 0.6 is 11.8 Å². The molecule has 9 nitrogen and oxygen atoms in total. The van der Waals surface area contributed by atoms with E-state index in [2.05, 4.69) is 20.3 Å². The van der Waals surface area contributed by atoms with Crippen molar-refractivity contribution >= 4 is 46.6 Å². The molecule has 106 valence electrons. The van der Waals surface area contributed by atoms with Crippen molar-refractivity contribution in [2.75, 3.05) is 16.8 Å². The van der Waals surface area contributed by atoms with Gasteiger partial charge in [-0.05, 0) is 0 Å². The van der Waals surface area contributed by atoms with Crippen molar-refractivity contribution in [1.82, 2.24) is 15.0 Å². The summed E-state index contributed by atoms with van der Waals surface area (Å²) in [6.45, 7) is 0. The predicted octanol–water partition coefficient (Wildman–Crippen LogP) is -0.376. The highest BCUT2D eigenvalue weighted by atomic mass is 32.2. The Labute approximate surface area is 122 Å². The van der Waals surface area contributed by atoms with Crippen molar-refractivity contribution in [2.45, 2.75) is 5.03 Å². The fourth-order valence-corrected chi connectivity index (χ4v) is 2.37. The Morgan fingerprint density at radius 3 is 2.90 bits per heavy atom. The molecule has 0 bridgehead atoms. The predicted molar refractivity (Wildman–Crippen MR) is 76.1 cm³/mol. The van der Waals surface area contributed by atoms with E-state index < -0.39 is 5.91 Å². The van der Waals surface area contributed by atoms with Gasteiger partial charge >= 0.3 is 0 Å². The maximum absolute atomic E-state index is 10.9. The molecule has 0 aliphatic rings. The molecule has 0 aliphatic heterocycles. The third-order valence-corrected chi connectivity index (χ3v) is 3.44. The molecular formula is C11H9N7O2S. The first kappa shape index (κ1) is 14.5. The van der Waals surface area contributed by atoms with Crippen molar-refractivity contribution in [1.29, 1.82) is 5.26 Å². The monoisotopic (exact) mass is 303 g/mol. The number of nitrogens with zero attached hydrogens (tertiary/aromatic N) is 4. The number of carbonyl (C=O) groups excluding carboxylic acids is 2. The highest BCUT2D eigenvalue weighted by molar-refractivity contribution is 8.00. The number of pyridine rings is 1. The largest absolute Gasteiger partial charge is 0.383 e. The molecule has 2 rings (SSSR count). The summed E-state index contributed by atoms with van der Waals surface area (Å²) < 4.78 is 0. The van der Waals surface area contributed by atoms with E-state index in [1.54, 1.807) is 0 Å². The van der Waals surface area contributed by atoms with Gasteiger partial charge < -0.3 is 16.8 Å². The molecule has 0 saturated carbocycles. The van der Waals surface area contributed by atoms with Gasteiger partial charge in [0.05, 0.1) is 16.8 Å². The lowest BCUT2D eigenvalue weighted by Crippen LogP contribution is -2.13. The van der Waals surface area contributed by atoms with Gasteiger partial charge in [-0.2, -0.15) is 5.26 Å². The zero-order valence-corrected chi connectivity index (χ0v) is 11.3. The van der Waals surface area contributed by atoms with Gasteiger partial charge in [0.1, 0.15) is 28.8 Å². The SMILES string of the molecule is N#Cc1c(SCC(N)=O)nc2ncnc(N)c2c1NC=O. The van der Waals surface area contributed by atoms with Gasteiger partial charge in [0.15, 0.2) is 5.65 Å². The lowest BCUT2D eigenvalue weighted by molar-refractivity contribution is -0.115. The molecule has 0 unspecified atom stereocenters. The molecule has 21 heavy (non-hydrogen) atoms. The Bertz CT molecular complexity index is 771. The van der Waals surface area contributed by atoms with E-state index >= 15 is 0 Å². The average molecular weight is 303 g/mol. The summed E-state index contributed by atoms with van der Waals surface area (Å²) >= 11 is 0.975. The van der Waals surface area contributed by atoms with Crippen molar-refractivity contribution in [2.24, 2.45) is 5.73 Å². The Morgan fingerprint density at radius 1 is 1.52 bits per heavy atom. The number of primary amides is 1. The second-order valence-corrected chi connectivity index (χ2v) is 4.72. The first-order valence-corrected chi connectivity index (χ1v) is 6.52. The van der Waals surface area contributed by atoms with Crippen molar-refractivity contribution in [3.63, 3.8) is 0 Å². The van der Waals surface area contributed by atoms with Crippen molar-refractivity contribution < 1.29 is 9.59 Å². The normalized spacial score (nSPS) is 10.0. The molecule has 0 fully saturated rings. The van der Waals surface area contributed by atoms with Gasteiger partial charge in [0.25, 0.3) is 0 Å². The summed E-state index contributed by atoms with van der Waals surface area (Å²) in [5.74, 6) is -0.536. The van der Waals surface area contributed by atoms with Gasteiger partial charge in [-0.25, -0.2) is 15.0 Å². The van der Waals surface area contributed by atoms with Gasteiger partial charge in [0.2, 0.25) is 12.3 Å². The van der Waals surface area contributed by atoms with Crippen LogP contribution in [0.3, 0.4) is 0 Å². The van der Waals surface area contributed by atoms with Crippen LogP contribution in [0.4, 0.5) is 11.5 Å². The van der Waals surface area contributed by atoms with Gasteiger partial charge in [-0.15, -0.1) is 0 Å². The summed E-state index contributed by atoms with van der Waals surface area (Å²) in [6, 6.07) is 1.92. The first-order chi connectivity index (χ1) is 10.1. The molecule has 2 aromatic heterocycles. The van der Waals surface area contributed by atoms with Crippen LogP contribution in [0.2, 0.25) is 0 Å². The fourth-order valence-electron chi connectivity index (χ4n) is 1.65. The lowest BCUT2D eigenvalue weighted by atomic mass is 10.2. The number of hydrogen-bond donors (Lipinski definition) is 3. The zero-order chi connectivity index (χ0) is 15.4. The quantitative estimate of drug-likeness (QED) is 0.497. The smallest absolute Gasteiger partial charge is 0.227 e. The van der Waals surface area contributed by atoms with Gasteiger partial charge in [-0.1, -0.05) is 11.8 Å². The van der Waals surface area contributed by atoms with Crippen LogP contribution < -0.4 is 16.8 Å². The fraction of sp³-hybridized carbons (Fsp3) is 0.0909. The molecule has 2 heterocycles. The molecule has 2 amide bonds. The second kappa shape index (κ2) is 6.02. The molecule has 0 saturated heterocycles. The molecule has 2 aromatic rings. The molecule has 10 heteroatoms. The van der Waals surface area contributed by atoms with E-state index in [0.717, 1.165) is 11.8 Å². The van der Waals surface area contributed by atoms with E-state index in [1.807, 2.05) is 6.07 Å². The van der Waals surface area contributed by atoms with Crippen LogP contribution in [0.15, 0.2) is 11.4 Å². The van der Waals surface area contributed by atoms with Gasteiger partial charge in [0, 0.05) is 0 Å². The number of carbonyl (C=O) groups is 2. The maximum atomic E-state index is 10.9. The number of amides is 2. The molecule has 0 radical (unpaired) electrons. The van der Waals surface area contributed by atoms with E-state index in [-0.39, 0.29) is 38.9 Å². The molecule has 0 aliphatic carbocycles. The van der Waals surface area contributed by atoms with Crippen LogP contribution in [0.5, 0.6) is 0 Å². The number of nitrogens with one attached hydrogen (secondary N) is 1. The molecule has 0 spiro atoms. The number of rotatable bonds is 5. The number of nitrogen functional groups attached to an aromatic ring is 1. The number of aromatic nitrogens is 3. The second-order valence-electron chi connectivity index (χ2n) is 3.75. The highest BCUT2D eigenvalue weighted by Gasteiger charge is 2.18. The average Bonchev–Trinajstić information content (AvgIpc) is 2.45. The van der Waals surface area contributed by atoms with Crippen molar-refractivity contribution in [3.8, 4) is 6.07 Å². The van der Waals surface area contributed by atoms with Crippen molar-refractivity contribution in [3.05, 3.63) is 11.9 Å². The third-order valence-electron chi connectivity index (χ3n) is 2.44. The third kappa shape index (κ3) is 2.82. The topological polar surface area (TPSA) is 161 Å². The summed E-state index contributed by atoms with van der Waals surface area (Å²) in [7, 11) is 0. The van der Waals surface area contributed by atoms with Crippen LogP contribution in [-0.2, 0) is 9.59 Å². The van der Waals surface area contributed by atoms with E-state index in [4.69, 9.17) is 11.5 Å². The molecule has 0 aromatic carbocycles. The minimum Gasteiger partial charge on any atom is -0.383 e. The summed E-state index contributed by atoms with van der Waals surface area (Å²) in [4.78, 5) is 33.6. The van der Waals surface area contributed by atoms with Crippen LogP contribution in [-0.4, -0.2) is 33.0 Å². The standard InChI is InChI=1S/C11H9N7O2S/c12-1-5-8(17-4-19)7-9(14)15-3-16-10(7)18-11(5)21-2-6(13)20/h3-4H,2H2,(H2,13,20)(H3,14,15,16,17,18,19). The number of thioether (sulfide) groups is 1. The maximum Gasteiger partial charge on any atom is 0.227 e. The Balaban J connectivity index is 2.73. The van der Waals surface area contributed by atoms with Crippen LogP contribution in [0.1, 0.15) is 5.56 Å². The zero-order valence-electron chi connectivity index (χ0n) is 10.5. The van der Waals surface area contributed by atoms with Crippen LogP contribution in [0, 0.1) is 11.3 Å². The molecular weight excluding hydrogens is 294 g/mol. The first-order valence-electron chi connectivity index (χ1n) is 5.54. The molecule has 0 atom stereocenters. The van der Waals surface area contributed by atoms with E-state index in [0.29, 0.717) is 6.41 Å². The summed E-state index contributed by atoms with van der Waals surface area (Å²) in [5, 5.41) is 12.2.